The Morgan fingerprint density at radius 3 is 2.57 bits per heavy atom. The average molecular weight is 193 g/mol. The second-order valence-corrected chi connectivity index (χ2v) is 3.08. The smallest absolute Gasteiger partial charge is 0.137 e. The Hall–Kier alpha value is -1.35. The van der Waals surface area contributed by atoms with Crippen LogP contribution in [0.1, 0.15) is 12.5 Å². The molecule has 14 heavy (non-hydrogen) atoms. The van der Waals surface area contributed by atoms with Crippen molar-refractivity contribution in [3.05, 3.63) is 29.8 Å². The molecule has 1 aromatic carbocycles. The normalized spacial score (nSPS) is 12.1. The first-order valence-electron chi connectivity index (χ1n) is 4.69. The van der Waals surface area contributed by atoms with Crippen molar-refractivity contribution in [2.45, 2.75) is 19.4 Å². The summed E-state index contributed by atoms with van der Waals surface area (Å²) in [5.74, 6) is 0.843. The summed E-state index contributed by atoms with van der Waals surface area (Å²) in [7, 11) is 0. The Balaban J connectivity index is 2.59. The highest BCUT2D eigenvalue weighted by Gasteiger charge is 2.01. The third kappa shape index (κ3) is 3.18. The zero-order valence-corrected chi connectivity index (χ0v) is 8.27. The maximum absolute atomic E-state index is 10.3. The van der Waals surface area contributed by atoms with E-state index in [1.165, 1.54) is 0 Å². The third-order valence-corrected chi connectivity index (χ3v) is 1.88. The third-order valence-electron chi connectivity index (χ3n) is 1.88. The number of carbonyl (C=O) groups excluding carboxylic acids is 1. The van der Waals surface area contributed by atoms with Gasteiger partial charge in [-0.25, -0.2) is 0 Å². The number of aldehydes is 1. The molecule has 0 saturated carbocycles. The minimum Gasteiger partial charge on any atom is -0.494 e. The fraction of sp³-hybridized carbons (Fsp3) is 0.364. The molecule has 0 heterocycles. The number of hydrogen-bond donors (Lipinski definition) is 1. The van der Waals surface area contributed by atoms with E-state index in [-0.39, 0.29) is 0 Å². The highest BCUT2D eigenvalue weighted by Crippen LogP contribution is 2.12. The van der Waals surface area contributed by atoms with Crippen molar-refractivity contribution in [3.8, 4) is 5.75 Å². The quantitative estimate of drug-likeness (QED) is 0.714. The van der Waals surface area contributed by atoms with Gasteiger partial charge in [0.15, 0.2) is 0 Å². The molecule has 0 unspecified atom stereocenters. The van der Waals surface area contributed by atoms with Gasteiger partial charge in [0, 0.05) is 0 Å². The maximum atomic E-state index is 10.3. The summed E-state index contributed by atoms with van der Waals surface area (Å²) in [5, 5.41) is 0. The average Bonchev–Trinajstić information content (AvgIpc) is 2.21. The van der Waals surface area contributed by atoms with Crippen molar-refractivity contribution >= 4 is 6.29 Å². The molecule has 0 saturated heterocycles. The van der Waals surface area contributed by atoms with E-state index in [9.17, 15) is 4.79 Å². The van der Waals surface area contributed by atoms with Crippen LogP contribution in [0.5, 0.6) is 5.75 Å². The molecule has 0 aromatic heterocycles. The van der Waals surface area contributed by atoms with Gasteiger partial charge in [0.25, 0.3) is 0 Å². The highest BCUT2D eigenvalue weighted by molar-refractivity contribution is 5.57. The lowest BCUT2D eigenvalue weighted by Gasteiger charge is -2.06. The molecule has 0 aliphatic carbocycles. The van der Waals surface area contributed by atoms with Gasteiger partial charge in [-0.2, -0.15) is 0 Å². The lowest BCUT2D eigenvalue weighted by molar-refractivity contribution is -0.108. The van der Waals surface area contributed by atoms with E-state index in [2.05, 4.69) is 0 Å². The predicted molar refractivity (Wildman–Crippen MR) is 55.4 cm³/mol. The number of rotatable bonds is 5. The number of benzene rings is 1. The molecule has 76 valence electrons. The van der Waals surface area contributed by atoms with E-state index in [0.717, 1.165) is 17.6 Å². The van der Waals surface area contributed by atoms with Crippen LogP contribution in [0.15, 0.2) is 24.3 Å². The second-order valence-electron chi connectivity index (χ2n) is 3.08. The lowest BCUT2D eigenvalue weighted by atomic mass is 10.1. The molecule has 0 radical (unpaired) electrons. The van der Waals surface area contributed by atoms with Gasteiger partial charge in [-0.15, -0.1) is 0 Å². The largest absolute Gasteiger partial charge is 0.494 e. The topological polar surface area (TPSA) is 52.3 Å². The minimum absolute atomic E-state index is 0.409. The van der Waals surface area contributed by atoms with Crippen LogP contribution in [0.3, 0.4) is 0 Å². The molecule has 1 rings (SSSR count). The molecule has 0 fully saturated rings. The van der Waals surface area contributed by atoms with E-state index < -0.39 is 6.04 Å². The van der Waals surface area contributed by atoms with Crippen LogP contribution < -0.4 is 10.5 Å². The fourth-order valence-corrected chi connectivity index (χ4v) is 1.21. The molecule has 2 N–H and O–H groups in total. The standard InChI is InChI=1S/C11H15NO2/c1-2-14-11-5-3-9(4-6-11)7-10(12)8-13/h3-6,8,10H,2,7,12H2,1H3/t10-/m1/s1. The Bertz CT molecular complexity index is 282. The van der Waals surface area contributed by atoms with Crippen LogP contribution in [0, 0.1) is 0 Å². The molecular weight excluding hydrogens is 178 g/mol. The van der Waals surface area contributed by atoms with Crippen molar-refractivity contribution in [3.63, 3.8) is 0 Å². The SMILES string of the molecule is CCOc1ccc(C[C@@H](N)C=O)cc1. The molecule has 3 nitrogen and oxygen atoms in total. The van der Waals surface area contributed by atoms with Crippen LogP contribution in [-0.4, -0.2) is 18.9 Å². The van der Waals surface area contributed by atoms with Gasteiger partial charge >= 0.3 is 0 Å². The summed E-state index contributed by atoms with van der Waals surface area (Å²) in [6, 6.07) is 7.21. The molecule has 0 amide bonds. The van der Waals surface area contributed by atoms with Crippen molar-refractivity contribution in [1.82, 2.24) is 0 Å². The summed E-state index contributed by atoms with van der Waals surface area (Å²) >= 11 is 0. The van der Waals surface area contributed by atoms with Crippen molar-refractivity contribution in [2.75, 3.05) is 6.61 Å². The number of nitrogens with two attached hydrogens (primary N) is 1. The van der Waals surface area contributed by atoms with Crippen LogP contribution in [-0.2, 0) is 11.2 Å². The lowest BCUT2D eigenvalue weighted by Crippen LogP contribution is -2.23. The number of ether oxygens (including phenoxy) is 1. The molecule has 0 aliphatic heterocycles. The first kappa shape index (κ1) is 10.7. The summed E-state index contributed by atoms with van der Waals surface area (Å²) in [5.41, 5.74) is 6.55. The van der Waals surface area contributed by atoms with Gasteiger partial charge in [0.1, 0.15) is 12.0 Å². The van der Waals surface area contributed by atoms with E-state index in [1.54, 1.807) is 0 Å². The van der Waals surface area contributed by atoms with Crippen LogP contribution >= 0.6 is 0 Å². The Kier molecular flexibility index (Phi) is 4.13. The summed E-state index contributed by atoms with van der Waals surface area (Å²) in [6.45, 7) is 2.60. The van der Waals surface area contributed by atoms with Crippen LogP contribution in [0.25, 0.3) is 0 Å². The van der Waals surface area contributed by atoms with Crippen LogP contribution in [0.2, 0.25) is 0 Å². The van der Waals surface area contributed by atoms with Gasteiger partial charge in [0.05, 0.1) is 12.6 Å². The van der Waals surface area contributed by atoms with Crippen LogP contribution in [0.4, 0.5) is 0 Å². The predicted octanol–water partition coefficient (Wildman–Crippen LogP) is 1.15. The number of hydrogen-bond acceptors (Lipinski definition) is 3. The monoisotopic (exact) mass is 193 g/mol. The summed E-state index contributed by atoms with van der Waals surface area (Å²) in [4.78, 5) is 10.3. The van der Waals surface area contributed by atoms with Gasteiger partial charge in [-0.05, 0) is 31.0 Å². The second kappa shape index (κ2) is 5.40. The molecule has 0 bridgehead atoms. The van der Waals surface area contributed by atoms with Crippen molar-refractivity contribution in [1.29, 1.82) is 0 Å². The zero-order valence-electron chi connectivity index (χ0n) is 8.27. The van der Waals surface area contributed by atoms with Crippen molar-refractivity contribution < 1.29 is 9.53 Å². The van der Waals surface area contributed by atoms with Gasteiger partial charge < -0.3 is 15.3 Å². The minimum atomic E-state index is -0.409. The first-order chi connectivity index (χ1) is 6.76. The van der Waals surface area contributed by atoms with Gasteiger partial charge in [-0.1, -0.05) is 12.1 Å². The van der Waals surface area contributed by atoms with E-state index in [1.807, 2.05) is 31.2 Å². The fourth-order valence-electron chi connectivity index (χ4n) is 1.21. The Morgan fingerprint density at radius 2 is 2.07 bits per heavy atom. The van der Waals surface area contributed by atoms with E-state index in [4.69, 9.17) is 10.5 Å². The van der Waals surface area contributed by atoms with Gasteiger partial charge in [-0.3, -0.25) is 0 Å². The Morgan fingerprint density at radius 1 is 1.43 bits per heavy atom. The van der Waals surface area contributed by atoms with E-state index in [0.29, 0.717) is 13.0 Å². The molecule has 1 aromatic rings. The van der Waals surface area contributed by atoms with Gasteiger partial charge in [0.2, 0.25) is 0 Å². The number of carbonyl (C=O) groups is 1. The Labute approximate surface area is 83.9 Å². The molecule has 1 atom stereocenters. The molecule has 0 aliphatic rings. The molecule has 3 heteroatoms. The first-order valence-corrected chi connectivity index (χ1v) is 4.69. The molecule has 0 spiro atoms. The summed E-state index contributed by atoms with van der Waals surface area (Å²) < 4.78 is 5.29. The molecular formula is C11H15NO2. The van der Waals surface area contributed by atoms with Crippen molar-refractivity contribution in [2.24, 2.45) is 5.73 Å². The summed E-state index contributed by atoms with van der Waals surface area (Å²) in [6.07, 6.45) is 1.34. The highest BCUT2D eigenvalue weighted by atomic mass is 16.5. The zero-order chi connectivity index (χ0) is 10.4. The van der Waals surface area contributed by atoms with E-state index >= 15 is 0 Å². The maximum Gasteiger partial charge on any atom is 0.137 e.